The molecule has 0 saturated carbocycles. The maximum absolute atomic E-state index is 5.43. The summed E-state index contributed by atoms with van der Waals surface area (Å²) >= 11 is 0. The van der Waals surface area contributed by atoms with Crippen molar-refractivity contribution >= 4 is 11.6 Å². The molecule has 0 aromatic carbocycles. The monoisotopic (exact) mass is 264 g/mol. The van der Waals surface area contributed by atoms with E-state index in [2.05, 4.69) is 36.1 Å². The van der Waals surface area contributed by atoms with Crippen LogP contribution in [0.1, 0.15) is 31.2 Å². The van der Waals surface area contributed by atoms with E-state index < -0.39 is 0 Å². The van der Waals surface area contributed by atoms with Gasteiger partial charge in [-0.25, -0.2) is 9.97 Å². The van der Waals surface area contributed by atoms with Crippen molar-refractivity contribution in [3.8, 4) is 0 Å². The van der Waals surface area contributed by atoms with Gasteiger partial charge in [-0.15, -0.1) is 0 Å². The van der Waals surface area contributed by atoms with Gasteiger partial charge in [-0.2, -0.15) is 0 Å². The van der Waals surface area contributed by atoms with Gasteiger partial charge in [0.25, 0.3) is 0 Å². The van der Waals surface area contributed by atoms with Gasteiger partial charge in [-0.1, -0.05) is 6.92 Å². The first-order valence-corrected chi connectivity index (χ1v) is 7.03. The van der Waals surface area contributed by atoms with Crippen LogP contribution in [-0.4, -0.2) is 43.3 Å². The lowest BCUT2D eigenvalue weighted by Crippen LogP contribution is -2.37. The molecule has 5 heteroatoms. The smallest absolute Gasteiger partial charge is 0.137 e. The van der Waals surface area contributed by atoms with E-state index in [0.717, 1.165) is 55.5 Å². The standard InChI is InChI=1S/C14H24N4O/c1-5-12-16-13(15-3)10(2)14(17-12)18(4)11-6-8-19-9-7-11/h11H,5-9H2,1-4H3,(H,15,16,17). The summed E-state index contributed by atoms with van der Waals surface area (Å²) in [5, 5.41) is 3.17. The van der Waals surface area contributed by atoms with Crippen LogP contribution in [-0.2, 0) is 11.2 Å². The second kappa shape index (κ2) is 6.19. The minimum atomic E-state index is 0.511. The van der Waals surface area contributed by atoms with Crippen LogP contribution in [0.4, 0.5) is 11.6 Å². The van der Waals surface area contributed by atoms with Crippen molar-refractivity contribution in [2.45, 2.75) is 39.2 Å². The second-order valence-corrected chi connectivity index (χ2v) is 5.00. The van der Waals surface area contributed by atoms with E-state index in [4.69, 9.17) is 9.72 Å². The minimum Gasteiger partial charge on any atom is -0.381 e. The van der Waals surface area contributed by atoms with E-state index in [1.165, 1.54) is 0 Å². The van der Waals surface area contributed by atoms with Crippen molar-refractivity contribution in [3.63, 3.8) is 0 Å². The molecule has 0 aliphatic carbocycles. The first-order valence-electron chi connectivity index (χ1n) is 7.03. The summed E-state index contributed by atoms with van der Waals surface area (Å²) in [5.74, 6) is 2.87. The molecule has 1 aliphatic heterocycles. The molecule has 0 spiro atoms. The summed E-state index contributed by atoms with van der Waals surface area (Å²) in [6.45, 7) is 5.86. The number of rotatable bonds is 4. The third kappa shape index (κ3) is 2.97. The average molecular weight is 264 g/mol. The van der Waals surface area contributed by atoms with E-state index in [1.807, 2.05) is 7.05 Å². The summed E-state index contributed by atoms with van der Waals surface area (Å²) in [7, 11) is 4.04. The normalized spacial score (nSPS) is 16.4. The van der Waals surface area contributed by atoms with Crippen molar-refractivity contribution in [2.75, 3.05) is 37.5 Å². The SMILES string of the molecule is CCc1nc(NC)c(C)c(N(C)C2CCOCC2)n1. The van der Waals surface area contributed by atoms with Crippen LogP contribution < -0.4 is 10.2 Å². The predicted molar refractivity (Wildman–Crippen MR) is 77.9 cm³/mol. The van der Waals surface area contributed by atoms with Crippen LogP contribution in [0.3, 0.4) is 0 Å². The molecule has 0 radical (unpaired) electrons. The van der Waals surface area contributed by atoms with Gasteiger partial charge in [-0.05, 0) is 19.8 Å². The molecule has 0 atom stereocenters. The first-order chi connectivity index (χ1) is 9.17. The zero-order valence-electron chi connectivity index (χ0n) is 12.4. The van der Waals surface area contributed by atoms with Gasteiger partial charge in [0.2, 0.25) is 0 Å². The molecule has 1 fully saturated rings. The largest absolute Gasteiger partial charge is 0.381 e. The number of hydrogen-bond donors (Lipinski definition) is 1. The molecule has 0 unspecified atom stereocenters. The van der Waals surface area contributed by atoms with Crippen molar-refractivity contribution in [2.24, 2.45) is 0 Å². The Kier molecular flexibility index (Phi) is 4.58. The lowest BCUT2D eigenvalue weighted by Gasteiger charge is -2.33. The van der Waals surface area contributed by atoms with Crippen LogP contribution in [0.2, 0.25) is 0 Å². The molecule has 2 heterocycles. The zero-order chi connectivity index (χ0) is 13.8. The summed E-state index contributed by atoms with van der Waals surface area (Å²) < 4.78 is 5.43. The highest BCUT2D eigenvalue weighted by molar-refractivity contribution is 5.58. The lowest BCUT2D eigenvalue weighted by molar-refractivity contribution is 0.0853. The number of aromatic nitrogens is 2. The summed E-state index contributed by atoms with van der Waals surface area (Å²) in [6, 6.07) is 0.511. The zero-order valence-corrected chi connectivity index (χ0v) is 12.4. The Bertz CT molecular complexity index is 430. The molecule has 0 bridgehead atoms. The Morgan fingerprint density at radius 2 is 2.00 bits per heavy atom. The first kappa shape index (κ1) is 14.1. The van der Waals surface area contributed by atoms with Crippen molar-refractivity contribution in [3.05, 3.63) is 11.4 Å². The highest BCUT2D eigenvalue weighted by Gasteiger charge is 2.22. The third-order valence-electron chi connectivity index (χ3n) is 3.79. The van der Waals surface area contributed by atoms with Gasteiger partial charge < -0.3 is 15.0 Å². The molecule has 1 aliphatic rings. The van der Waals surface area contributed by atoms with E-state index in [-0.39, 0.29) is 0 Å². The van der Waals surface area contributed by atoms with Crippen molar-refractivity contribution in [1.82, 2.24) is 9.97 Å². The van der Waals surface area contributed by atoms with Crippen LogP contribution in [0.25, 0.3) is 0 Å². The van der Waals surface area contributed by atoms with Crippen LogP contribution in [0.15, 0.2) is 0 Å². The molecular formula is C14H24N4O. The number of ether oxygens (including phenoxy) is 1. The Balaban J connectivity index is 2.31. The Morgan fingerprint density at radius 3 is 2.58 bits per heavy atom. The molecule has 1 aromatic heterocycles. The maximum Gasteiger partial charge on any atom is 0.137 e. The summed E-state index contributed by atoms with van der Waals surface area (Å²) in [6.07, 6.45) is 2.98. The van der Waals surface area contributed by atoms with Crippen LogP contribution >= 0.6 is 0 Å². The van der Waals surface area contributed by atoms with E-state index in [0.29, 0.717) is 6.04 Å². The highest BCUT2D eigenvalue weighted by atomic mass is 16.5. The molecule has 5 nitrogen and oxygen atoms in total. The molecule has 1 aromatic rings. The minimum absolute atomic E-state index is 0.511. The number of anilines is 2. The quantitative estimate of drug-likeness (QED) is 0.901. The average Bonchev–Trinajstić information content (AvgIpc) is 2.47. The topological polar surface area (TPSA) is 50.3 Å². The Labute approximate surface area is 115 Å². The Hall–Kier alpha value is -1.36. The van der Waals surface area contributed by atoms with Gasteiger partial charge in [0.1, 0.15) is 17.5 Å². The van der Waals surface area contributed by atoms with Crippen molar-refractivity contribution in [1.29, 1.82) is 0 Å². The fraction of sp³-hybridized carbons (Fsp3) is 0.714. The summed E-state index contributed by atoms with van der Waals surface area (Å²) in [5.41, 5.74) is 1.12. The molecule has 1 saturated heterocycles. The van der Waals surface area contributed by atoms with Gasteiger partial charge in [0.05, 0.1) is 0 Å². The lowest BCUT2D eigenvalue weighted by atomic mass is 10.1. The second-order valence-electron chi connectivity index (χ2n) is 5.00. The van der Waals surface area contributed by atoms with Crippen molar-refractivity contribution < 1.29 is 4.74 Å². The number of hydrogen-bond acceptors (Lipinski definition) is 5. The van der Waals surface area contributed by atoms with Gasteiger partial charge in [0, 0.05) is 45.3 Å². The van der Waals surface area contributed by atoms with Gasteiger partial charge >= 0.3 is 0 Å². The molecule has 0 amide bonds. The molecule has 19 heavy (non-hydrogen) atoms. The number of nitrogens with one attached hydrogen (secondary N) is 1. The van der Waals surface area contributed by atoms with Gasteiger partial charge in [0.15, 0.2) is 0 Å². The van der Waals surface area contributed by atoms with Crippen LogP contribution in [0.5, 0.6) is 0 Å². The van der Waals surface area contributed by atoms with E-state index in [9.17, 15) is 0 Å². The molecular weight excluding hydrogens is 240 g/mol. The number of aryl methyl sites for hydroxylation is 1. The molecule has 2 rings (SSSR count). The van der Waals surface area contributed by atoms with Gasteiger partial charge in [-0.3, -0.25) is 0 Å². The summed E-state index contributed by atoms with van der Waals surface area (Å²) in [4.78, 5) is 11.5. The predicted octanol–water partition coefficient (Wildman–Crippen LogP) is 2.00. The highest BCUT2D eigenvalue weighted by Crippen LogP contribution is 2.26. The van der Waals surface area contributed by atoms with E-state index >= 15 is 0 Å². The fourth-order valence-corrected chi connectivity index (χ4v) is 2.54. The molecule has 1 N–H and O–H groups in total. The Morgan fingerprint density at radius 1 is 1.32 bits per heavy atom. The maximum atomic E-state index is 5.43. The third-order valence-corrected chi connectivity index (χ3v) is 3.79. The fourth-order valence-electron chi connectivity index (χ4n) is 2.54. The van der Waals surface area contributed by atoms with E-state index in [1.54, 1.807) is 0 Å². The van der Waals surface area contributed by atoms with Crippen LogP contribution in [0, 0.1) is 6.92 Å². The number of nitrogens with zero attached hydrogens (tertiary/aromatic N) is 3. The molecule has 106 valence electrons.